The van der Waals surface area contributed by atoms with E-state index in [2.05, 4.69) is 15.5 Å². The average Bonchev–Trinajstić information content (AvgIpc) is 3.23. The van der Waals surface area contributed by atoms with Crippen LogP contribution in [-0.4, -0.2) is 42.2 Å². The Balaban J connectivity index is 1.76. The molecule has 1 heterocycles. The first-order chi connectivity index (χ1) is 15.6. The molecule has 9 heteroatoms. The third kappa shape index (κ3) is 5.94. The van der Waals surface area contributed by atoms with Crippen molar-refractivity contribution in [3.05, 3.63) is 53.4 Å². The van der Waals surface area contributed by atoms with E-state index in [1.54, 1.807) is 23.9 Å². The molecule has 0 saturated heterocycles. The number of hydrogen-bond donors (Lipinski definition) is 1. The third-order valence-corrected chi connectivity index (χ3v) is 5.12. The number of nitrogens with zero attached hydrogens (tertiary/aromatic N) is 2. The van der Waals surface area contributed by atoms with Crippen molar-refractivity contribution < 1.29 is 23.4 Å². The van der Waals surface area contributed by atoms with Crippen molar-refractivity contribution in [3.8, 4) is 17.2 Å². The molecular formula is C23H27N3O5S. The highest BCUT2D eigenvalue weighted by Crippen LogP contribution is 2.39. The molecule has 0 aliphatic rings. The predicted octanol–water partition coefficient (Wildman–Crippen LogP) is 4.83. The first kappa shape index (κ1) is 23.5. The first-order valence-corrected chi connectivity index (χ1v) is 11.6. The van der Waals surface area contributed by atoms with Crippen molar-refractivity contribution >= 4 is 23.7 Å². The van der Waals surface area contributed by atoms with Gasteiger partial charge in [0.15, 0.2) is 11.5 Å². The fraction of sp³-hybridized carbons (Fsp3) is 0.348. The van der Waals surface area contributed by atoms with Gasteiger partial charge in [-0.15, -0.1) is 16.9 Å². The summed E-state index contributed by atoms with van der Waals surface area (Å²) in [5, 5.41) is 10.6. The quantitative estimate of drug-likeness (QED) is 0.409. The highest BCUT2D eigenvalue weighted by molar-refractivity contribution is 7.98. The Morgan fingerprint density at radius 2 is 1.59 bits per heavy atom. The molecule has 3 aromatic rings. The Labute approximate surface area is 191 Å². The molecule has 8 nitrogen and oxygen atoms in total. The van der Waals surface area contributed by atoms with E-state index in [1.807, 2.05) is 51.3 Å². The van der Waals surface area contributed by atoms with Gasteiger partial charge < -0.3 is 18.6 Å². The standard InChI is InChI=1S/C23H27N3O5S/c1-5-28-18-13-16(14-19(29-6-2)21(18)30-7-3)22(27)24-23-26-25-20(31-23)12-15-8-10-17(32-4)11-9-15/h8-11,13-14H,5-7,12H2,1-4H3,(H,24,26,27). The van der Waals surface area contributed by atoms with Crippen LogP contribution in [0.3, 0.4) is 0 Å². The van der Waals surface area contributed by atoms with E-state index in [4.69, 9.17) is 18.6 Å². The predicted molar refractivity (Wildman–Crippen MR) is 123 cm³/mol. The van der Waals surface area contributed by atoms with Gasteiger partial charge in [-0.2, -0.15) is 0 Å². The van der Waals surface area contributed by atoms with E-state index in [-0.39, 0.29) is 6.01 Å². The fourth-order valence-corrected chi connectivity index (χ4v) is 3.39. The van der Waals surface area contributed by atoms with E-state index in [0.717, 1.165) is 5.56 Å². The molecule has 0 atom stereocenters. The maximum Gasteiger partial charge on any atom is 0.322 e. The van der Waals surface area contributed by atoms with Crippen LogP contribution in [0.1, 0.15) is 42.6 Å². The van der Waals surface area contributed by atoms with Crippen molar-refractivity contribution in [2.24, 2.45) is 0 Å². The van der Waals surface area contributed by atoms with Crippen LogP contribution >= 0.6 is 11.8 Å². The molecule has 1 aromatic heterocycles. The number of rotatable bonds is 11. The number of benzene rings is 2. The number of thioether (sulfide) groups is 1. The highest BCUT2D eigenvalue weighted by Gasteiger charge is 2.20. The monoisotopic (exact) mass is 457 g/mol. The number of hydrogen-bond acceptors (Lipinski definition) is 8. The molecule has 0 saturated carbocycles. The maximum absolute atomic E-state index is 12.8. The Morgan fingerprint density at radius 3 is 2.16 bits per heavy atom. The molecule has 32 heavy (non-hydrogen) atoms. The lowest BCUT2D eigenvalue weighted by atomic mass is 10.1. The van der Waals surface area contributed by atoms with Gasteiger partial charge in [-0.1, -0.05) is 17.2 Å². The van der Waals surface area contributed by atoms with Crippen molar-refractivity contribution in [3.63, 3.8) is 0 Å². The number of carbonyl (C=O) groups excluding carboxylic acids is 1. The van der Waals surface area contributed by atoms with Gasteiger partial charge in [0.05, 0.1) is 26.2 Å². The Bertz CT molecular complexity index is 1010. The van der Waals surface area contributed by atoms with Crippen molar-refractivity contribution in [2.45, 2.75) is 32.1 Å². The normalized spacial score (nSPS) is 10.6. The summed E-state index contributed by atoms with van der Waals surface area (Å²) in [6.07, 6.45) is 2.50. The topological polar surface area (TPSA) is 95.7 Å². The molecular weight excluding hydrogens is 430 g/mol. The van der Waals surface area contributed by atoms with Crippen LogP contribution in [0.15, 0.2) is 45.7 Å². The minimum absolute atomic E-state index is 0.0236. The van der Waals surface area contributed by atoms with Crippen LogP contribution in [0.4, 0.5) is 6.01 Å². The zero-order valence-corrected chi connectivity index (χ0v) is 19.5. The SMILES string of the molecule is CCOc1cc(C(=O)Nc2nnc(Cc3ccc(SC)cc3)o2)cc(OCC)c1OCC. The molecule has 2 aromatic carbocycles. The van der Waals surface area contributed by atoms with Crippen LogP contribution in [-0.2, 0) is 6.42 Å². The summed E-state index contributed by atoms with van der Waals surface area (Å²) in [5.41, 5.74) is 1.37. The minimum atomic E-state index is -0.422. The summed E-state index contributed by atoms with van der Waals surface area (Å²) in [6, 6.07) is 11.3. The van der Waals surface area contributed by atoms with Crippen LogP contribution in [0.2, 0.25) is 0 Å². The molecule has 1 amide bonds. The number of amides is 1. The summed E-state index contributed by atoms with van der Waals surface area (Å²) in [5.74, 6) is 1.33. The lowest BCUT2D eigenvalue weighted by molar-refractivity contribution is 0.102. The van der Waals surface area contributed by atoms with Gasteiger partial charge in [-0.05, 0) is 56.9 Å². The van der Waals surface area contributed by atoms with Crippen molar-refractivity contribution in [1.82, 2.24) is 10.2 Å². The van der Waals surface area contributed by atoms with Gasteiger partial charge >= 0.3 is 6.01 Å². The number of carbonyl (C=O) groups is 1. The number of ether oxygens (including phenoxy) is 3. The summed E-state index contributed by atoms with van der Waals surface area (Å²) < 4.78 is 22.6. The Kier molecular flexibility index (Phi) is 8.38. The van der Waals surface area contributed by atoms with Crippen LogP contribution in [0.5, 0.6) is 17.2 Å². The van der Waals surface area contributed by atoms with Crippen molar-refractivity contribution in [2.75, 3.05) is 31.4 Å². The molecule has 0 fully saturated rings. The molecule has 0 unspecified atom stereocenters. The van der Waals surface area contributed by atoms with Crippen LogP contribution < -0.4 is 19.5 Å². The Hall–Kier alpha value is -3.20. The third-order valence-electron chi connectivity index (χ3n) is 4.37. The van der Waals surface area contributed by atoms with Crippen molar-refractivity contribution in [1.29, 1.82) is 0 Å². The number of aromatic nitrogens is 2. The second-order valence-electron chi connectivity index (χ2n) is 6.58. The maximum atomic E-state index is 12.8. The van der Waals surface area contributed by atoms with E-state index in [9.17, 15) is 4.79 Å². The van der Waals surface area contributed by atoms with E-state index >= 15 is 0 Å². The molecule has 1 N–H and O–H groups in total. The van der Waals surface area contributed by atoms with Gasteiger partial charge in [0.1, 0.15) is 0 Å². The van der Waals surface area contributed by atoms with Gasteiger partial charge in [0.2, 0.25) is 11.6 Å². The second kappa shape index (κ2) is 11.4. The largest absolute Gasteiger partial charge is 0.490 e. The fourth-order valence-electron chi connectivity index (χ4n) is 2.98. The molecule has 0 spiro atoms. The van der Waals surface area contributed by atoms with E-state index in [0.29, 0.717) is 54.9 Å². The number of anilines is 1. The Morgan fingerprint density at radius 1 is 0.969 bits per heavy atom. The summed E-state index contributed by atoms with van der Waals surface area (Å²) in [4.78, 5) is 14.0. The molecule has 0 radical (unpaired) electrons. The van der Waals surface area contributed by atoms with Gasteiger partial charge in [0, 0.05) is 10.5 Å². The summed E-state index contributed by atoms with van der Waals surface area (Å²) in [7, 11) is 0. The first-order valence-electron chi connectivity index (χ1n) is 10.4. The van der Waals surface area contributed by atoms with Gasteiger partial charge in [-0.25, -0.2) is 0 Å². The molecule has 0 bridgehead atoms. The molecule has 0 aliphatic heterocycles. The average molecular weight is 458 g/mol. The molecule has 170 valence electrons. The van der Waals surface area contributed by atoms with E-state index in [1.165, 1.54) is 4.90 Å². The summed E-state index contributed by atoms with van der Waals surface area (Å²) >= 11 is 1.68. The molecule has 3 rings (SSSR count). The lowest BCUT2D eigenvalue weighted by Gasteiger charge is -2.16. The summed E-state index contributed by atoms with van der Waals surface area (Å²) in [6.45, 7) is 6.87. The van der Waals surface area contributed by atoms with E-state index < -0.39 is 5.91 Å². The van der Waals surface area contributed by atoms with Gasteiger partial charge in [-0.3, -0.25) is 10.1 Å². The van der Waals surface area contributed by atoms with Gasteiger partial charge in [0.25, 0.3) is 5.91 Å². The minimum Gasteiger partial charge on any atom is -0.490 e. The zero-order valence-electron chi connectivity index (χ0n) is 18.6. The highest BCUT2D eigenvalue weighted by atomic mass is 32.2. The lowest BCUT2D eigenvalue weighted by Crippen LogP contribution is -2.13. The number of nitrogens with one attached hydrogen (secondary N) is 1. The molecule has 0 aliphatic carbocycles. The van der Waals surface area contributed by atoms with Crippen LogP contribution in [0.25, 0.3) is 0 Å². The zero-order chi connectivity index (χ0) is 22.9. The second-order valence-corrected chi connectivity index (χ2v) is 7.46. The van der Waals surface area contributed by atoms with Crippen LogP contribution in [0, 0.1) is 0 Å². The smallest absolute Gasteiger partial charge is 0.322 e.